The highest BCUT2D eigenvalue weighted by Crippen LogP contribution is 2.35. The summed E-state index contributed by atoms with van der Waals surface area (Å²) in [7, 11) is 0. The highest BCUT2D eigenvalue weighted by atomic mass is 32.2. The Kier molecular flexibility index (Phi) is 7.73. The SMILES string of the molecule is CCN=C/C(SF)=C(\C)CC(C)(CC)CC. The topological polar surface area (TPSA) is 12.4 Å². The Hall–Kier alpha value is -0.310. The molecule has 0 N–H and O–H groups in total. The van der Waals surface area contributed by atoms with Crippen molar-refractivity contribution < 1.29 is 3.89 Å². The van der Waals surface area contributed by atoms with Crippen LogP contribution in [0.25, 0.3) is 0 Å². The van der Waals surface area contributed by atoms with Crippen LogP contribution in [-0.4, -0.2) is 12.8 Å². The standard InChI is InChI=1S/C13H24FNS/c1-6-13(5,7-2)9-11(4)12(16-14)10-15-8-3/h10H,6-9H2,1-5H3/b12-11-,15-10?. The van der Waals surface area contributed by atoms with E-state index >= 15 is 0 Å². The predicted molar refractivity (Wildman–Crippen MR) is 73.7 cm³/mol. The molecule has 1 nitrogen and oxygen atoms in total. The van der Waals surface area contributed by atoms with Gasteiger partial charge in [-0.15, -0.1) is 0 Å². The van der Waals surface area contributed by atoms with Gasteiger partial charge in [0.25, 0.3) is 0 Å². The van der Waals surface area contributed by atoms with Gasteiger partial charge in [0.05, 0.1) is 17.1 Å². The van der Waals surface area contributed by atoms with Crippen LogP contribution < -0.4 is 0 Å². The summed E-state index contributed by atoms with van der Waals surface area (Å²) < 4.78 is 12.8. The number of rotatable bonds is 7. The summed E-state index contributed by atoms with van der Waals surface area (Å²) in [6.45, 7) is 11.3. The van der Waals surface area contributed by atoms with Crippen LogP contribution >= 0.6 is 12.1 Å². The molecule has 0 heterocycles. The first-order valence-electron chi connectivity index (χ1n) is 6.01. The minimum atomic E-state index is 0.283. The van der Waals surface area contributed by atoms with Crippen molar-refractivity contribution in [3.63, 3.8) is 0 Å². The smallest absolute Gasteiger partial charge is 0.0827 e. The third-order valence-electron chi connectivity index (χ3n) is 3.29. The number of halogens is 1. The first kappa shape index (κ1) is 15.7. The van der Waals surface area contributed by atoms with Crippen molar-refractivity contribution in [1.29, 1.82) is 0 Å². The Labute approximate surface area is 104 Å². The molecule has 0 aromatic rings. The summed E-state index contributed by atoms with van der Waals surface area (Å²) in [5.74, 6) is 0. The van der Waals surface area contributed by atoms with Crippen molar-refractivity contribution in [2.45, 2.75) is 53.9 Å². The molecule has 0 radical (unpaired) electrons. The highest BCUT2D eigenvalue weighted by Gasteiger charge is 2.21. The van der Waals surface area contributed by atoms with E-state index in [4.69, 9.17) is 0 Å². The van der Waals surface area contributed by atoms with Gasteiger partial charge in [0.1, 0.15) is 0 Å². The Balaban J connectivity index is 4.77. The average molecular weight is 245 g/mol. The van der Waals surface area contributed by atoms with E-state index in [0.29, 0.717) is 23.6 Å². The van der Waals surface area contributed by atoms with Gasteiger partial charge in [-0.3, -0.25) is 4.99 Å². The number of nitrogens with zero attached hydrogens (tertiary/aromatic N) is 1. The van der Waals surface area contributed by atoms with Crippen LogP contribution in [0.4, 0.5) is 3.89 Å². The minimum Gasteiger partial charge on any atom is -0.292 e. The number of hydrogen-bond acceptors (Lipinski definition) is 2. The van der Waals surface area contributed by atoms with Crippen LogP contribution in [0.2, 0.25) is 0 Å². The third-order valence-corrected chi connectivity index (χ3v) is 3.91. The number of aliphatic imine (C=N–C) groups is 1. The Morgan fingerprint density at radius 2 is 1.88 bits per heavy atom. The van der Waals surface area contributed by atoms with Crippen LogP contribution in [0.15, 0.2) is 15.5 Å². The van der Waals surface area contributed by atoms with Crippen molar-refractivity contribution >= 4 is 18.4 Å². The molecule has 16 heavy (non-hydrogen) atoms. The molecule has 0 aromatic heterocycles. The average Bonchev–Trinajstić information content (AvgIpc) is 2.29. The Morgan fingerprint density at radius 3 is 2.25 bits per heavy atom. The Bertz CT molecular complexity index is 255. The van der Waals surface area contributed by atoms with Crippen molar-refractivity contribution in [3.8, 4) is 0 Å². The zero-order valence-corrected chi connectivity index (χ0v) is 12.0. The molecule has 0 saturated carbocycles. The molecule has 0 aliphatic carbocycles. The quantitative estimate of drug-likeness (QED) is 0.563. The molecule has 0 spiro atoms. The first-order chi connectivity index (χ1) is 7.52. The Morgan fingerprint density at radius 1 is 1.31 bits per heavy atom. The molecule has 0 rings (SSSR count). The summed E-state index contributed by atoms with van der Waals surface area (Å²) >= 11 is 0.310. The van der Waals surface area contributed by atoms with Gasteiger partial charge >= 0.3 is 0 Å². The van der Waals surface area contributed by atoms with Crippen LogP contribution in [0.1, 0.15) is 53.9 Å². The fourth-order valence-corrected chi connectivity index (χ4v) is 1.92. The first-order valence-corrected chi connectivity index (χ1v) is 6.72. The van der Waals surface area contributed by atoms with E-state index in [9.17, 15) is 3.89 Å². The monoisotopic (exact) mass is 245 g/mol. The zero-order chi connectivity index (χ0) is 12.6. The molecule has 3 heteroatoms. The van der Waals surface area contributed by atoms with E-state index in [1.54, 1.807) is 6.21 Å². The molecule has 0 unspecified atom stereocenters. The number of hydrogen-bond donors (Lipinski definition) is 0. The zero-order valence-electron chi connectivity index (χ0n) is 11.1. The van der Waals surface area contributed by atoms with Crippen molar-refractivity contribution in [2.24, 2.45) is 10.4 Å². The predicted octanol–water partition coefficient (Wildman–Crippen LogP) is 5.19. The van der Waals surface area contributed by atoms with Crippen LogP contribution in [0.5, 0.6) is 0 Å². The lowest BCUT2D eigenvalue weighted by molar-refractivity contribution is 0.295. The fourth-order valence-electron chi connectivity index (χ4n) is 1.60. The van der Waals surface area contributed by atoms with E-state index in [1.165, 1.54) is 0 Å². The molecular formula is C13H24FNS. The third kappa shape index (κ3) is 5.15. The van der Waals surface area contributed by atoms with Crippen LogP contribution in [0.3, 0.4) is 0 Å². The van der Waals surface area contributed by atoms with Gasteiger partial charge < -0.3 is 0 Å². The van der Waals surface area contributed by atoms with Gasteiger partial charge in [0.2, 0.25) is 0 Å². The molecule has 0 atom stereocenters. The largest absolute Gasteiger partial charge is 0.292 e. The van der Waals surface area contributed by atoms with Gasteiger partial charge in [-0.25, -0.2) is 0 Å². The molecular weight excluding hydrogens is 221 g/mol. The van der Waals surface area contributed by atoms with Gasteiger partial charge in [0.15, 0.2) is 0 Å². The molecule has 94 valence electrons. The van der Waals surface area contributed by atoms with Gasteiger partial charge in [0, 0.05) is 12.8 Å². The van der Waals surface area contributed by atoms with Crippen LogP contribution in [-0.2, 0) is 0 Å². The van der Waals surface area contributed by atoms with E-state index in [0.717, 1.165) is 24.8 Å². The maximum Gasteiger partial charge on any atom is 0.0827 e. The van der Waals surface area contributed by atoms with Gasteiger partial charge in [-0.1, -0.05) is 39.2 Å². The van der Waals surface area contributed by atoms with E-state index < -0.39 is 0 Å². The lowest BCUT2D eigenvalue weighted by atomic mass is 9.79. The minimum absolute atomic E-state index is 0.283. The van der Waals surface area contributed by atoms with E-state index in [1.807, 2.05) is 13.8 Å². The van der Waals surface area contributed by atoms with Gasteiger partial charge in [-0.2, -0.15) is 3.89 Å². The summed E-state index contributed by atoms with van der Waals surface area (Å²) in [4.78, 5) is 4.78. The van der Waals surface area contributed by atoms with Crippen molar-refractivity contribution in [1.82, 2.24) is 0 Å². The molecule has 0 bridgehead atoms. The molecule has 0 amide bonds. The lowest BCUT2D eigenvalue weighted by Crippen LogP contribution is -2.14. The molecule has 0 aliphatic heterocycles. The summed E-state index contributed by atoms with van der Waals surface area (Å²) in [5, 5.41) is 0. The maximum atomic E-state index is 12.8. The fraction of sp³-hybridized carbons (Fsp3) is 0.769. The number of allylic oxidation sites excluding steroid dienone is 2. The molecule has 0 aromatic carbocycles. The van der Waals surface area contributed by atoms with Crippen molar-refractivity contribution in [2.75, 3.05) is 6.54 Å². The van der Waals surface area contributed by atoms with Crippen LogP contribution in [0, 0.1) is 5.41 Å². The molecule has 0 fully saturated rings. The van der Waals surface area contributed by atoms with E-state index in [2.05, 4.69) is 25.8 Å². The second-order valence-electron chi connectivity index (χ2n) is 4.54. The van der Waals surface area contributed by atoms with Gasteiger partial charge in [-0.05, 0) is 25.7 Å². The second-order valence-corrected chi connectivity index (χ2v) is 5.14. The maximum absolute atomic E-state index is 12.8. The normalized spacial score (nSPS) is 14.4. The molecule has 0 aliphatic rings. The molecule has 0 saturated heterocycles. The summed E-state index contributed by atoms with van der Waals surface area (Å²) in [6, 6.07) is 0. The lowest BCUT2D eigenvalue weighted by Gasteiger charge is -2.27. The summed E-state index contributed by atoms with van der Waals surface area (Å²) in [6.07, 6.45) is 4.85. The second kappa shape index (κ2) is 7.88. The summed E-state index contributed by atoms with van der Waals surface area (Å²) in [5.41, 5.74) is 1.39. The van der Waals surface area contributed by atoms with Crippen molar-refractivity contribution in [3.05, 3.63) is 10.5 Å². The van der Waals surface area contributed by atoms with E-state index in [-0.39, 0.29) is 5.41 Å². The highest BCUT2D eigenvalue weighted by molar-refractivity contribution is 7.99.